The molecule has 2 aromatic heterocycles. The summed E-state index contributed by atoms with van der Waals surface area (Å²) in [6, 6.07) is 15.9. The molecule has 2 aromatic carbocycles. The molecule has 30 heavy (non-hydrogen) atoms. The van der Waals surface area contributed by atoms with Gasteiger partial charge in [-0.3, -0.25) is 10.1 Å². The van der Waals surface area contributed by atoms with Gasteiger partial charge in [-0.15, -0.1) is 0 Å². The largest absolute Gasteiger partial charge is 0.375 e. The fraction of sp³-hybridized carbons (Fsp3) is 0.174. The van der Waals surface area contributed by atoms with Crippen LogP contribution in [0.3, 0.4) is 0 Å². The van der Waals surface area contributed by atoms with Crippen molar-refractivity contribution in [3.63, 3.8) is 0 Å². The SMILES string of the molecule is O=C(Nc1nc2c(c(NCc3ccccc3)n1)CCOC2)c1cccc2cscc12. The summed E-state index contributed by atoms with van der Waals surface area (Å²) < 4.78 is 5.58. The molecule has 0 saturated carbocycles. The van der Waals surface area contributed by atoms with Crippen molar-refractivity contribution < 1.29 is 9.53 Å². The molecule has 3 heterocycles. The molecular formula is C23H20N4O2S. The van der Waals surface area contributed by atoms with E-state index < -0.39 is 0 Å². The highest BCUT2D eigenvalue weighted by atomic mass is 32.1. The number of carbonyl (C=O) groups is 1. The average Bonchev–Trinajstić information content (AvgIpc) is 3.27. The Kier molecular flexibility index (Phi) is 5.13. The molecule has 1 aliphatic rings. The minimum Gasteiger partial charge on any atom is -0.375 e. The van der Waals surface area contributed by atoms with Crippen LogP contribution in [0.15, 0.2) is 59.3 Å². The van der Waals surface area contributed by atoms with Crippen LogP contribution in [0.25, 0.3) is 10.8 Å². The maximum absolute atomic E-state index is 12.9. The van der Waals surface area contributed by atoms with Crippen molar-refractivity contribution in [1.29, 1.82) is 0 Å². The number of rotatable bonds is 5. The Morgan fingerprint density at radius 1 is 1.07 bits per heavy atom. The van der Waals surface area contributed by atoms with E-state index in [1.54, 1.807) is 11.3 Å². The zero-order valence-electron chi connectivity index (χ0n) is 16.2. The van der Waals surface area contributed by atoms with Crippen LogP contribution in [-0.2, 0) is 24.3 Å². The first-order valence-electron chi connectivity index (χ1n) is 9.79. The number of nitrogens with zero attached hydrogens (tertiary/aromatic N) is 2. The van der Waals surface area contributed by atoms with E-state index in [1.807, 2.05) is 47.2 Å². The van der Waals surface area contributed by atoms with Crippen molar-refractivity contribution in [3.05, 3.63) is 81.7 Å². The number of thiophene rings is 1. The van der Waals surface area contributed by atoms with Crippen LogP contribution in [0.1, 0.15) is 27.2 Å². The maximum atomic E-state index is 12.9. The maximum Gasteiger partial charge on any atom is 0.258 e. The number of anilines is 2. The predicted molar refractivity (Wildman–Crippen MR) is 119 cm³/mol. The summed E-state index contributed by atoms with van der Waals surface area (Å²) in [5, 5.41) is 12.3. The lowest BCUT2D eigenvalue weighted by Gasteiger charge is -2.20. The van der Waals surface area contributed by atoms with Crippen molar-refractivity contribution in [2.24, 2.45) is 0 Å². The molecule has 2 N–H and O–H groups in total. The number of amides is 1. The molecule has 4 aromatic rings. The second-order valence-corrected chi connectivity index (χ2v) is 7.84. The number of aromatic nitrogens is 2. The molecule has 0 radical (unpaired) electrons. The van der Waals surface area contributed by atoms with Gasteiger partial charge in [0.1, 0.15) is 5.82 Å². The van der Waals surface area contributed by atoms with E-state index in [9.17, 15) is 4.79 Å². The van der Waals surface area contributed by atoms with Crippen LogP contribution >= 0.6 is 11.3 Å². The van der Waals surface area contributed by atoms with Gasteiger partial charge >= 0.3 is 0 Å². The van der Waals surface area contributed by atoms with E-state index in [2.05, 4.69) is 32.7 Å². The van der Waals surface area contributed by atoms with Crippen LogP contribution in [-0.4, -0.2) is 22.5 Å². The van der Waals surface area contributed by atoms with E-state index in [0.717, 1.165) is 39.8 Å². The molecule has 150 valence electrons. The minimum atomic E-state index is -0.218. The Hall–Kier alpha value is -3.29. The van der Waals surface area contributed by atoms with Gasteiger partial charge in [0, 0.05) is 29.5 Å². The van der Waals surface area contributed by atoms with Crippen LogP contribution in [0.5, 0.6) is 0 Å². The molecule has 5 rings (SSSR count). The molecule has 1 amide bonds. The van der Waals surface area contributed by atoms with Crippen LogP contribution in [0, 0.1) is 0 Å². The molecule has 0 saturated heterocycles. The summed E-state index contributed by atoms with van der Waals surface area (Å²) in [5.41, 5.74) is 3.64. The van der Waals surface area contributed by atoms with E-state index in [1.165, 1.54) is 0 Å². The molecule has 1 aliphatic heterocycles. The summed E-state index contributed by atoms with van der Waals surface area (Å²) in [4.78, 5) is 22.1. The zero-order chi connectivity index (χ0) is 20.3. The first-order valence-corrected chi connectivity index (χ1v) is 10.7. The molecule has 0 bridgehead atoms. The molecule has 7 heteroatoms. The van der Waals surface area contributed by atoms with Gasteiger partial charge in [0.25, 0.3) is 5.91 Å². The standard InChI is InChI=1S/C23H20N4O2S/c28-22(17-8-4-7-16-13-30-14-19(16)17)27-23-25-20-12-29-10-9-18(20)21(26-23)24-11-15-5-2-1-3-6-15/h1-8,13-14H,9-12H2,(H2,24,25,26,27,28). The Morgan fingerprint density at radius 3 is 2.87 bits per heavy atom. The number of hydrogen-bond acceptors (Lipinski definition) is 6. The van der Waals surface area contributed by atoms with Crippen molar-refractivity contribution in [3.8, 4) is 0 Å². The van der Waals surface area contributed by atoms with Gasteiger partial charge in [0.05, 0.1) is 18.9 Å². The van der Waals surface area contributed by atoms with Gasteiger partial charge in [-0.2, -0.15) is 16.3 Å². The Balaban J connectivity index is 1.43. The lowest BCUT2D eigenvalue weighted by atomic mass is 10.1. The monoisotopic (exact) mass is 416 g/mol. The topological polar surface area (TPSA) is 76.1 Å². The predicted octanol–water partition coefficient (Wildman–Crippen LogP) is 4.63. The van der Waals surface area contributed by atoms with E-state index in [4.69, 9.17) is 4.74 Å². The highest BCUT2D eigenvalue weighted by Gasteiger charge is 2.20. The van der Waals surface area contributed by atoms with Gasteiger partial charge < -0.3 is 10.1 Å². The van der Waals surface area contributed by atoms with Crippen molar-refractivity contribution >= 4 is 39.8 Å². The molecule has 0 unspecified atom stereocenters. The Morgan fingerprint density at radius 2 is 1.97 bits per heavy atom. The van der Waals surface area contributed by atoms with E-state index >= 15 is 0 Å². The number of nitrogens with one attached hydrogen (secondary N) is 2. The fourth-order valence-corrected chi connectivity index (χ4v) is 4.42. The van der Waals surface area contributed by atoms with Crippen LogP contribution in [0.4, 0.5) is 11.8 Å². The third-order valence-electron chi connectivity index (χ3n) is 5.12. The highest BCUT2D eigenvalue weighted by Crippen LogP contribution is 2.26. The summed E-state index contributed by atoms with van der Waals surface area (Å²) >= 11 is 1.58. The molecule has 0 spiro atoms. The smallest absolute Gasteiger partial charge is 0.258 e. The number of benzene rings is 2. The normalized spacial score (nSPS) is 13.1. The summed E-state index contributed by atoms with van der Waals surface area (Å²) in [7, 11) is 0. The summed E-state index contributed by atoms with van der Waals surface area (Å²) in [6.07, 6.45) is 0.745. The minimum absolute atomic E-state index is 0.218. The first-order chi connectivity index (χ1) is 14.8. The van der Waals surface area contributed by atoms with Gasteiger partial charge in [-0.1, -0.05) is 42.5 Å². The molecule has 6 nitrogen and oxygen atoms in total. The first kappa shape index (κ1) is 18.7. The summed E-state index contributed by atoms with van der Waals surface area (Å²) in [5.74, 6) is 0.813. The second kappa shape index (κ2) is 8.22. The molecular weight excluding hydrogens is 396 g/mol. The zero-order valence-corrected chi connectivity index (χ0v) is 17.0. The van der Waals surface area contributed by atoms with Crippen LogP contribution in [0.2, 0.25) is 0 Å². The Bertz CT molecular complexity index is 1210. The number of fused-ring (bicyclic) bond motifs is 2. The average molecular weight is 417 g/mol. The number of hydrogen-bond donors (Lipinski definition) is 2. The Labute approximate surface area is 178 Å². The molecule has 0 aliphatic carbocycles. The van der Waals surface area contributed by atoms with E-state index in [-0.39, 0.29) is 11.9 Å². The fourth-order valence-electron chi connectivity index (χ4n) is 3.60. The molecule has 0 atom stereocenters. The third-order valence-corrected chi connectivity index (χ3v) is 5.88. The number of carbonyl (C=O) groups excluding carboxylic acids is 1. The van der Waals surface area contributed by atoms with Crippen molar-refractivity contribution in [2.45, 2.75) is 19.6 Å². The lowest BCUT2D eigenvalue weighted by Crippen LogP contribution is -2.20. The van der Waals surface area contributed by atoms with Gasteiger partial charge in [0.2, 0.25) is 5.95 Å². The summed E-state index contributed by atoms with van der Waals surface area (Å²) in [6.45, 7) is 1.70. The molecule has 0 fully saturated rings. The van der Waals surface area contributed by atoms with Crippen molar-refractivity contribution in [1.82, 2.24) is 9.97 Å². The van der Waals surface area contributed by atoms with Gasteiger partial charge in [0.15, 0.2) is 0 Å². The number of ether oxygens (including phenoxy) is 1. The van der Waals surface area contributed by atoms with Crippen molar-refractivity contribution in [2.75, 3.05) is 17.2 Å². The quantitative estimate of drug-likeness (QED) is 0.496. The van der Waals surface area contributed by atoms with Crippen LogP contribution < -0.4 is 10.6 Å². The van der Waals surface area contributed by atoms with E-state index in [0.29, 0.717) is 25.3 Å². The second-order valence-electron chi connectivity index (χ2n) is 7.10. The lowest BCUT2D eigenvalue weighted by molar-refractivity contribution is 0.102. The van der Waals surface area contributed by atoms with Gasteiger partial charge in [-0.25, -0.2) is 4.98 Å². The third kappa shape index (κ3) is 3.77. The van der Waals surface area contributed by atoms with Gasteiger partial charge in [-0.05, 0) is 27.8 Å². The highest BCUT2D eigenvalue weighted by molar-refractivity contribution is 7.09.